The zero-order chi connectivity index (χ0) is 16.4. The van der Waals surface area contributed by atoms with E-state index >= 15 is 0 Å². The van der Waals surface area contributed by atoms with Crippen molar-refractivity contribution < 1.29 is 9.59 Å². The van der Waals surface area contributed by atoms with Gasteiger partial charge in [-0.3, -0.25) is 24.3 Å². The molecule has 2 aliphatic rings. The van der Waals surface area contributed by atoms with Crippen LogP contribution >= 0.6 is 11.6 Å². The van der Waals surface area contributed by atoms with Crippen LogP contribution in [0.1, 0.15) is 18.9 Å². The highest BCUT2D eigenvalue weighted by Gasteiger charge is 2.41. The van der Waals surface area contributed by atoms with Crippen LogP contribution in [0.15, 0.2) is 24.3 Å². The second-order valence-corrected chi connectivity index (χ2v) is 6.57. The highest BCUT2D eigenvalue weighted by molar-refractivity contribution is 6.30. The Kier molecular flexibility index (Phi) is 4.99. The van der Waals surface area contributed by atoms with Crippen molar-refractivity contribution in [1.29, 1.82) is 0 Å². The number of imide groups is 1. The molecule has 124 valence electrons. The number of piperazine rings is 1. The third-order valence-corrected chi connectivity index (χ3v) is 4.96. The lowest BCUT2D eigenvalue weighted by Gasteiger charge is -2.37. The van der Waals surface area contributed by atoms with Gasteiger partial charge in [-0.2, -0.15) is 0 Å². The molecule has 1 aromatic carbocycles. The Morgan fingerprint density at radius 1 is 1.09 bits per heavy atom. The number of carbonyl (C=O) groups is 2. The third-order valence-electron chi connectivity index (χ3n) is 4.70. The first-order valence-corrected chi connectivity index (χ1v) is 8.51. The number of rotatable bonds is 4. The first kappa shape index (κ1) is 16.4. The Hall–Kier alpha value is -1.43. The zero-order valence-electron chi connectivity index (χ0n) is 13.4. The summed E-state index contributed by atoms with van der Waals surface area (Å²) < 4.78 is 0. The van der Waals surface area contributed by atoms with Crippen LogP contribution in [-0.4, -0.2) is 65.3 Å². The van der Waals surface area contributed by atoms with Gasteiger partial charge >= 0.3 is 0 Å². The molecule has 2 amide bonds. The molecule has 0 radical (unpaired) electrons. The summed E-state index contributed by atoms with van der Waals surface area (Å²) in [5, 5.41) is 0.753. The highest BCUT2D eigenvalue weighted by Crippen LogP contribution is 2.20. The topological polar surface area (TPSA) is 43.9 Å². The Morgan fingerprint density at radius 3 is 2.30 bits per heavy atom. The quantitative estimate of drug-likeness (QED) is 0.784. The number of hydrogen-bond acceptors (Lipinski definition) is 4. The average Bonchev–Trinajstić information content (AvgIpc) is 2.84. The van der Waals surface area contributed by atoms with Crippen LogP contribution in [0, 0.1) is 0 Å². The number of amides is 2. The van der Waals surface area contributed by atoms with Crippen LogP contribution < -0.4 is 0 Å². The number of likely N-dealkylation sites (tertiary alicyclic amines) is 1. The molecule has 2 aliphatic heterocycles. The smallest absolute Gasteiger partial charge is 0.247 e. The maximum absolute atomic E-state index is 12.3. The van der Waals surface area contributed by atoms with E-state index in [0.717, 1.165) is 37.7 Å². The van der Waals surface area contributed by atoms with E-state index in [4.69, 9.17) is 11.6 Å². The maximum atomic E-state index is 12.3. The van der Waals surface area contributed by atoms with Crippen molar-refractivity contribution in [2.24, 2.45) is 0 Å². The van der Waals surface area contributed by atoms with Gasteiger partial charge in [0.2, 0.25) is 11.8 Å². The molecule has 0 N–H and O–H groups in total. The summed E-state index contributed by atoms with van der Waals surface area (Å²) in [7, 11) is 0. The fourth-order valence-electron chi connectivity index (χ4n) is 3.36. The monoisotopic (exact) mass is 335 g/mol. The molecular weight excluding hydrogens is 314 g/mol. The van der Waals surface area contributed by atoms with E-state index < -0.39 is 0 Å². The van der Waals surface area contributed by atoms with E-state index in [-0.39, 0.29) is 17.9 Å². The standard InChI is InChI=1S/C17H22ClN3O2/c1-2-21-16(22)11-15(17(21)23)20-9-7-19(8-10-20)12-13-3-5-14(18)6-4-13/h3-6,15H,2,7-12H2,1H3. The van der Waals surface area contributed by atoms with E-state index in [1.54, 1.807) is 0 Å². The molecule has 3 rings (SSSR count). The van der Waals surface area contributed by atoms with Crippen LogP contribution in [0.3, 0.4) is 0 Å². The van der Waals surface area contributed by atoms with E-state index in [1.807, 2.05) is 31.2 Å². The van der Waals surface area contributed by atoms with Crippen LogP contribution in [0.2, 0.25) is 5.02 Å². The Labute approximate surface area is 141 Å². The molecule has 1 atom stereocenters. The number of carbonyl (C=O) groups excluding carboxylic acids is 2. The van der Waals surface area contributed by atoms with Gasteiger partial charge in [0.05, 0.1) is 12.5 Å². The fraction of sp³-hybridized carbons (Fsp3) is 0.529. The second kappa shape index (κ2) is 6.99. The van der Waals surface area contributed by atoms with Crippen molar-refractivity contribution in [3.05, 3.63) is 34.9 Å². The van der Waals surface area contributed by atoms with Gasteiger partial charge in [0, 0.05) is 44.3 Å². The van der Waals surface area contributed by atoms with Gasteiger partial charge in [-0.1, -0.05) is 23.7 Å². The number of halogens is 1. The summed E-state index contributed by atoms with van der Waals surface area (Å²) in [5.41, 5.74) is 1.24. The average molecular weight is 336 g/mol. The summed E-state index contributed by atoms with van der Waals surface area (Å²) >= 11 is 5.91. The molecule has 0 saturated carbocycles. The van der Waals surface area contributed by atoms with Gasteiger partial charge in [-0.15, -0.1) is 0 Å². The van der Waals surface area contributed by atoms with Crippen LogP contribution in [0.5, 0.6) is 0 Å². The lowest BCUT2D eigenvalue weighted by molar-refractivity contribution is -0.139. The lowest BCUT2D eigenvalue weighted by Crippen LogP contribution is -2.52. The molecule has 5 nitrogen and oxygen atoms in total. The lowest BCUT2D eigenvalue weighted by atomic mass is 10.1. The van der Waals surface area contributed by atoms with Gasteiger partial charge in [0.25, 0.3) is 0 Å². The van der Waals surface area contributed by atoms with Crippen molar-refractivity contribution in [1.82, 2.24) is 14.7 Å². The van der Waals surface area contributed by atoms with Crippen molar-refractivity contribution >= 4 is 23.4 Å². The molecule has 2 saturated heterocycles. The summed E-state index contributed by atoms with van der Waals surface area (Å²) in [4.78, 5) is 30.1. The minimum atomic E-state index is -0.250. The second-order valence-electron chi connectivity index (χ2n) is 6.13. The van der Waals surface area contributed by atoms with Crippen LogP contribution in [0.4, 0.5) is 0 Å². The summed E-state index contributed by atoms with van der Waals surface area (Å²) in [5.74, 6) is -0.0604. The molecule has 0 aliphatic carbocycles. The van der Waals surface area contributed by atoms with E-state index in [0.29, 0.717) is 13.0 Å². The molecule has 0 spiro atoms. The molecule has 1 unspecified atom stereocenters. The van der Waals surface area contributed by atoms with Crippen molar-refractivity contribution in [2.45, 2.75) is 25.9 Å². The zero-order valence-corrected chi connectivity index (χ0v) is 14.1. The molecule has 1 aromatic rings. The SMILES string of the molecule is CCN1C(=O)CC(N2CCN(Cc3ccc(Cl)cc3)CC2)C1=O. The number of nitrogens with zero attached hydrogens (tertiary/aromatic N) is 3. The number of benzene rings is 1. The predicted molar refractivity (Wildman–Crippen MR) is 89.1 cm³/mol. The fourth-order valence-corrected chi connectivity index (χ4v) is 3.49. The van der Waals surface area contributed by atoms with Crippen molar-refractivity contribution in [3.8, 4) is 0 Å². The first-order valence-electron chi connectivity index (χ1n) is 8.13. The molecular formula is C17H22ClN3O2. The Balaban J connectivity index is 1.53. The number of hydrogen-bond donors (Lipinski definition) is 0. The van der Waals surface area contributed by atoms with Gasteiger partial charge in [-0.05, 0) is 24.6 Å². The molecule has 0 aromatic heterocycles. The van der Waals surface area contributed by atoms with Gasteiger partial charge < -0.3 is 0 Å². The maximum Gasteiger partial charge on any atom is 0.247 e. The van der Waals surface area contributed by atoms with E-state index in [1.165, 1.54) is 10.5 Å². The van der Waals surface area contributed by atoms with Crippen LogP contribution in [0.25, 0.3) is 0 Å². The van der Waals surface area contributed by atoms with Gasteiger partial charge in [0.15, 0.2) is 0 Å². The largest absolute Gasteiger partial charge is 0.297 e. The number of likely N-dealkylation sites (N-methyl/N-ethyl adjacent to an activating group) is 1. The summed E-state index contributed by atoms with van der Waals surface area (Å²) in [6, 6.07) is 7.67. The van der Waals surface area contributed by atoms with E-state index in [9.17, 15) is 9.59 Å². The molecule has 6 heteroatoms. The van der Waals surface area contributed by atoms with E-state index in [2.05, 4.69) is 9.80 Å². The minimum Gasteiger partial charge on any atom is -0.297 e. The summed E-state index contributed by atoms with van der Waals surface area (Å²) in [6.07, 6.45) is 0.337. The first-order chi connectivity index (χ1) is 11.1. The third kappa shape index (κ3) is 3.57. The normalized spacial score (nSPS) is 23.7. The molecule has 23 heavy (non-hydrogen) atoms. The van der Waals surface area contributed by atoms with Crippen molar-refractivity contribution in [2.75, 3.05) is 32.7 Å². The minimum absolute atomic E-state index is 0.0244. The molecule has 2 heterocycles. The Morgan fingerprint density at radius 2 is 1.74 bits per heavy atom. The molecule has 2 fully saturated rings. The summed E-state index contributed by atoms with van der Waals surface area (Å²) in [6.45, 7) is 6.69. The highest BCUT2D eigenvalue weighted by atomic mass is 35.5. The predicted octanol–water partition coefficient (Wildman–Crippen LogP) is 1.60. The Bertz CT molecular complexity index is 582. The van der Waals surface area contributed by atoms with Crippen LogP contribution in [-0.2, 0) is 16.1 Å². The molecule has 0 bridgehead atoms. The van der Waals surface area contributed by atoms with Gasteiger partial charge in [0.1, 0.15) is 0 Å². The van der Waals surface area contributed by atoms with Crippen molar-refractivity contribution in [3.63, 3.8) is 0 Å². The van der Waals surface area contributed by atoms with Gasteiger partial charge in [-0.25, -0.2) is 0 Å².